The van der Waals surface area contributed by atoms with Gasteiger partial charge in [-0.15, -0.1) is 0 Å². The van der Waals surface area contributed by atoms with E-state index >= 15 is 0 Å². The van der Waals surface area contributed by atoms with E-state index in [1.54, 1.807) is 0 Å². The molecule has 1 aliphatic heterocycles. The summed E-state index contributed by atoms with van der Waals surface area (Å²) in [6.07, 6.45) is -3.69. The van der Waals surface area contributed by atoms with Crippen LogP contribution in [0.1, 0.15) is 6.23 Å². The molecule has 13 N–H and O–H groups in total. The smallest absolute Gasteiger partial charge is 0.387 e. The Morgan fingerprint density at radius 3 is 2.32 bits per heavy atom. The van der Waals surface area contributed by atoms with Gasteiger partial charge in [0.1, 0.15) is 30.2 Å². The van der Waals surface area contributed by atoms with Gasteiger partial charge in [-0.3, -0.25) is 14.5 Å². The maximum Gasteiger partial charge on any atom is 0.490 e. The molecule has 216 valence electrons. The number of thioether (sulfide) groups is 1. The molecule has 0 saturated carbocycles. The molecule has 0 aromatic carbocycles. The number of amidine groups is 1. The van der Waals surface area contributed by atoms with Gasteiger partial charge in [0.05, 0.1) is 12.9 Å². The highest BCUT2D eigenvalue weighted by atomic mass is 32.2. The molecule has 0 bridgehead atoms. The van der Waals surface area contributed by atoms with Gasteiger partial charge in [0.15, 0.2) is 22.9 Å². The summed E-state index contributed by atoms with van der Waals surface area (Å²) in [5.74, 6) is 0.788. The highest BCUT2D eigenvalue weighted by Crippen LogP contribution is 2.66. The number of aromatic nitrogens is 4. The van der Waals surface area contributed by atoms with Crippen LogP contribution in [0.3, 0.4) is 0 Å². The van der Waals surface area contributed by atoms with Crippen LogP contribution in [0.4, 0.5) is 5.82 Å². The van der Waals surface area contributed by atoms with Crippen LogP contribution in [0.5, 0.6) is 0 Å². The fraction of sp³-hybridized carbons (Fsp3) is 0.538. The van der Waals surface area contributed by atoms with Gasteiger partial charge in [-0.1, -0.05) is 11.8 Å². The summed E-state index contributed by atoms with van der Waals surface area (Å²) in [6, 6.07) is 0. The Kier molecular flexibility index (Phi) is 11.3. The molecular formula is C13H25N8O13P3S. The van der Waals surface area contributed by atoms with Crippen LogP contribution >= 0.6 is 35.2 Å². The zero-order valence-corrected chi connectivity index (χ0v) is 22.4. The van der Waals surface area contributed by atoms with Crippen LogP contribution in [0.25, 0.3) is 11.2 Å². The lowest BCUT2D eigenvalue weighted by molar-refractivity contribution is -0.0503. The van der Waals surface area contributed by atoms with Crippen LogP contribution in [0.2, 0.25) is 0 Å². The van der Waals surface area contributed by atoms with Crippen molar-refractivity contribution < 1.29 is 61.4 Å². The molecule has 6 atom stereocenters. The number of imidazole rings is 1. The number of anilines is 1. The monoisotopic (exact) mass is 626 g/mol. The minimum atomic E-state index is -5.70. The molecule has 1 aliphatic rings. The fourth-order valence-corrected chi connectivity index (χ4v) is 6.16. The molecule has 1 saturated heterocycles. The van der Waals surface area contributed by atoms with E-state index in [-0.39, 0.29) is 22.1 Å². The van der Waals surface area contributed by atoms with Crippen molar-refractivity contribution in [3.63, 3.8) is 0 Å². The van der Waals surface area contributed by atoms with E-state index in [0.29, 0.717) is 6.54 Å². The van der Waals surface area contributed by atoms with Crippen molar-refractivity contribution >= 4 is 57.4 Å². The van der Waals surface area contributed by atoms with Gasteiger partial charge in [-0.25, -0.2) is 28.6 Å². The summed E-state index contributed by atoms with van der Waals surface area (Å²) in [5, 5.41) is 27.2. The lowest BCUT2D eigenvalue weighted by Crippen LogP contribution is -2.33. The number of aliphatic hydroxyl groups excluding tert-OH is 2. The topological polar surface area (TPSA) is 355 Å². The number of ether oxygens (including phenoxy) is 1. The van der Waals surface area contributed by atoms with E-state index in [1.165, 1.54) is 22.7 Å². The third-order valence-corrected chi connectivity index (χ3v) is 8.75. The van der Waals surface area contributed by atoms with Gasteiger partial charge >= 0.3 is 23.5 Å². The molecule has 0 aliphatic carbocycles. The molecule has 1 fully saturated rings. The van der Waals surface area contributed by atoms with Crippen LogP contribution in [-0.2, 0) is 31.6 Å². The van der Waals surface area contributed by atoms with Crippen molar-refractivity contribution in [2.75, 3.05) is 24.6 Å². The Labute approximate surface area is 217 Å². The molecule has 25 heteroatoms. The first-order chi connectivity index (χ1) is 17.5. The Hall–Kier alpha value is -1.58. The van der Waals surface area contributed by atoms with Gasteiger partial charge < -0.3 is 51.7 Å². The molecule has 0 radical (unpaired) electrons. The lowest BCUT2D eigenvalue weighted by Gasteiger charge is -2.19. The van der Waals surface area contributed by atoms with Crippen LogP contribution in [-0.4, -0.2) is 91.7 Å². The summed E-state index contributed by atoms with van der Waals surface area (Å²) in [4.78, 5) is 47.2. The summed E-state index contributed by atoms with van der Waals surface area (Å²) >= 11 is 1.27. The minimum absolute atomic E-state index is 0.0426. The molecule has 0 amide bonds. The molecule has 38 heavy (non-hydrogen) atoms. The molecule has 0 spiro atoms. The van der Waals surface area contributed by atoms with Gasteiger partial charge in [0.2, 0.25) is 0 Å². The number of phosphoric ester groups is 1. The standard InChI is InChI=1S/C10H16N5O13P3.C3H9N3S/c11-8-5-9(13-2-12-8)15(3-14-5)10-7(17)6(16)4(26-10)1-25-30(21,22)28-31(23,24)27-29(18,19)20;4-1-2-7-3(5)6/h2-4,6-7,10,16-17H,1H2,(H,21,22)(H,23,24)(H2,11,12,13)(H2,18,19,20);1-2,4H2,(H3,5,6)/t4-,6-,7-,10-;/m1./s1. The average molecular weight is 626 g/mol. The van der Waals surface area contributed by atoms with Crippen molar-refractivity contribution in [3.8, 4) is 0 Å². The molecule has 2 unspecified atom stereocenters. The van der Waals surface area contributed by atoms with E-state index in [1.807, 2.05) is 0 Å². The van der Waals surface area contributed by atoms with Gasteiger partial charge in [-0.05, 0) is 0 Å². The molecule has 3 rings (SSSR count). The highest BCUT2D eigenvalue weighted by Gasteiger charge is 2.47. The van der Waals surface area contributed by atoms with E-state index in [2.05, 4.69) is 28.1 Å². The van der Waals surface area contributed by atoms with Crippen LogP contribution in [0, 0.1) is 5.41 Å². The fourth-order valence-electron chi connectivity index (χ4n) is 2.79. The highest BCUT2D eigenvalue weighted by molar-refractivity contribution is 8.13. The van der Waals surface area contributed by atoms with E-state index in [9.17, 15) is 28.8 Å². The number of nitrogen functional groups attached to an aromatic ring is 1. The Morgan fingerprint density at radius 2 is 1.76 bits per heavy atom. The van der Waals surface area contributed by atoms with E-state index < -0.39 is 54.6 Å². The van der Waals surface area contributed by atoms with E-state index in [4.69, 9.17) is 42.0 Å². The number of hydrogen-bond acceptors (Lipinski definition) is 16. The van der Waals surface area contributed by atoms with Crippen LogP contribution < -0.4 is 17.2 Å². The number of hydrogen-bond donors (Lipinski definition) is 10. The first-order valence-corrected chi connectivity index (χ1v) is 15.4. The predicted octanol–water partition coefficient (Wildman–Crippen LogP) is -2.06. The first kappa shape index (κ1) is 32.6. The third-order valence-electron chi connectivity index (χ3n) is 4.19. The second-order valence-electron chi connectivity index (χ2n) is 7.02. The number of rotatable bonds is 10. The second-order valence-corrected chi connectivity index (χ2v) is 12.6. The van der Waals surface area contributed by atoms with Crippen molar-refractivity contribution in [2.45, 2.75) is 24.5 Å². The number of nitrogens with one attached hydrogen (secondary N) is 1. The largest absolute Gasteiger partial charge is 0.490 e. The number of phosphoric acid groups is 3. The quantitative estimate of drug-likeness (QED) is 0.0769. The normalized spacial score (nSPS) is 24.8. The number of nitrogens with zero attached hydrogens (tertiary/aromatic N) is 4. The number of aliphatic hydroxyl groups is 2. The molecule has 3 heterocycles. The lowest BCUT2D eigenvalue weighted by atomic mass is 10.1. The zero-order valence-electron chi connectivity index (χ0n) is 18.9. The summed E-state index contributed by atoms with van der Waals surface area (Å²) < 4.78 is 51.9. The van der Waals surface area contributed by atoms with Gasteiger partial charge in [0.25, 0.3) is 0 Å². The van der Waals surface area contributed by atoms with Crippen molar-refractivity contribution in [1.29, 1.82) is 5.41 Å². The van der Waals surface area contributed by atoms with Crippen molar-refractivity contribution in [1.82, 2.24) is 19.5 Å². The minimum Gasteiger partial charge on any atom is -0.387 e. The molecular weight excluding hydrogens is 601 g/mol. The first-order valence-electron chi connectivity index (χ1n) is 9.86. The summed E-state index contributed by atoms with van der Waals surface area (Å²) in [7, 11) is -16.7. The summed E-state index contributed by atoms with van der Waals surface area (Å²) in [5.41, 5.74) is 16.1. The van der Waals surface area contributed by atoms with Gasteiger partial charge in [-0.2, -0.15) is 8.62 Å². The predicted molar refractivity (Wildman–Crippen MR) is 129 cm³/mol. The van der Waals surface area contributed by atoms with Crippen molar-refractivity contribution in [2.24, 2.45) is 11.5 Å². The maximum atomic E-state index is 11.8. The van der Waals surface area contributed by atoms with E-state index in [0.717, 1.165) is 12.1 Å². The SMILES string of the molecule is N=C(N)SCCN.Nc1ncnc2c1ncn2[C@@H]1O[C@H](COP(=O)(O)OP(=O)(O)OP(=O)(O)O)[C@@H](O)[C@H]1O. The molecule has 2 aromatic heterocycles. The Morgan fingerprint density at radius 1 is 1.11 bits per heavy atom. The summed E-state index contributed by atoms with van der Waals surface area (Å²) in [6.45, 7) is -0.369. The second kappa shape index (κ2) is 13.2. The average Bonchev–Trinajstić information content (AvgIpc) is 3.31. The number of nitrogens with two attached hydrogens (primary N) is 3. The maximum absolute atomic E-state index is 11.8. The Bertz CT molecular complexity index is 1260. The zero-order chi connectivity index (χ0) is 28.9. The third kappa shape index (κ3) is 9.56. The molecule has 21 nitrogen and oxygen atoms in total. The van der Waals surface area contributed by atoms with Crippen LogP contribution in [0.15, 0.2) is 12.7 Å². The Balaban J connectivity index is 0.000000638. The number of fused-ring (bicyclic) bond motifs is 1. The van der Waals surface area contributed by atoms with Gasteiger partial charge in [0, 0.05) is 12.3 Å². The molecule has 2 aromatic rings. The van der Waals surface area contributed by atoms with Crippen molar-refractivity contribution in [3.05, 3.63) is 12.7 Å².